The van der Waals surface area contributed by atoms with Crippen LogP contribution in [0.1, 0.15) is 37.3 Å². The Kier molecular flexibility index (Phi) is 4.23. The number of rotatable bonds is 5. The number of nitrogens with two attached hydrogens (primary N) is 1. The van der Waals surface area contributed by atoms with E-state index in [9.17, 15) is 0 Å². The Bertz CT molecular complexity index is 324. The Morgan fingerprint density at radius 1 is 1.62 bits per heavy atom. The number of halogens is 1. The van der Waals surface area contributed by atoms with E-state index in [4.69, 9.17) is 26.6 Å². The van der Waals surface area contributed by atoms with Crippen LogP contribution in [0, 0.1) is 0 Å². The van der Waals surface area contributed by atoms with E-state index in [1.807, 2.05) is 6.07 Å². The maximum atomic E-state index is 5.92. The summed E-state index contributed by atoms with van der Waals surface area (Å²) in [6.07, 6.45) is 6.17. The highest BCUT2D eigenvalue weighted by atomic mass is 35.5. The van der Waals surface area contributed by atoms with Crippen LogP contribution in [0.3, 0.4) is 0 Å². The third kappa shape index (κ3) is 2.77. The predicted molar refractivity (Wildman–Crippen MR) is 62.0 cm³/mol. The Hall–Kier alpha value is -0.550. The summed E-state index contributed by atoms with van der Waals surface area (Å²) in [5, 5.41) is 0.412. The van der Waals surface area contributed by atoms with E-state index in [0.29, 0.717) is 11.3 Å². The summed E-state index contributed by atoms with van der Waals surface area (Å²) in [6.45, 7) is 0.887. The van der Waals surface area contributed by atoms with Gasteiger partial charge in [0.25, 0.3) is 0 Å². The van der Waals surface area contributed by atoms with Gasteiger partial charge in [0, 0.05) is 12.2 Å². The molecule has 1 fully saturated rings. The molecule has 0 aromatic carbocycles. The molecule has 5 heteroatoms. The van der Waals surface area contributed by atoms with Crippen LogP contribution in [-0.2, 0) is 4.74 Å². The molecule has 1 saturated heterocycles. The highest BCUT2D eigenvalue weighted by Gasteiger charge is 2.20. The van der Waals surface area contributed by atoms with Crippen LogP contribution in [-0.4, -0.2) is 12.7 Å². The third-order valence-corrected chi connectivity index (χ3v) is 3.33. The lowest BCUT2D eigenvalue weighted by Gasteiger charge is -2.16. The van der Waals surface area contributed by atoms with E-state index in [-0.39, 0.29) is 6.04 Å². The Labute approximate surface area is 100 Å². The predicted octanol–water partition coefficient (Wildman–Crippen LogP) is 2.40. The molecule has 16 heavy (non-hydrogen) atoms. The SMILES string of the molecule is NNC(CCC1CCCO1)c1ccoc1Cl. The summed E-state index contributed by atoms with van der Waals surface area (Å²) in [4.78, 5) is 0. The third-order valence-electron chi connectivity index (χ3n) is 3.02. The summed E-state index contributed by atoms with van der Waals surface area (Å²) in [7, 11) is 0. The van der Waals surface area contributed by atoms with E-state index < -0.39 is 0 Å². The fourth-order valence-electron chi connectivity index (χ4n) is 2.11. The lowest BCUT2D eigenvalue weighted by atomic mass is 10.0. The minimum atomic E-state index is 0.0375. The summed E-state index contributed by atoms with van der Waals surface area (Å²) in [6, 6.07) is 1.89. The summed E-state index contributed by atoms with van der Waals surface area (Å²) >= 11 is 5.92. The van der Waals surface area contributed by atoms with Crippen molar-refractivity contribution in [3.63, 3.8) is 0 Å². The Morgan fingerprint density at radius 2 is 2.50 bits per heavy atom. The quantitative estimate of drug-likeness (QED) is 0.617. The highest BCUT2D eigenvalue weighted by Crippen LogP contribution is 2.28. The van der Waals surface area contributed by atoms with E-state index in [2.05, 4.69) is 5.43 Å². The van der Waals surface area contributed by atoms with Crippen LogP contribution >= 0.6 is 11.6 Å². The summed E-state index contributed by atoms with van der Waals surface area (Å²) in [5.74, 6) is 5.53. The van der Waals surface area contributed by atoms with Crippen molar-refractivity contribution in [3.05, 3.63) is 23.1 Å². The minimum Gasteiger partial charge on any atom is -0.453 e. The van der Waals surface area contributed by atoms with Crippen LogP contribution in [0.15, 0.2) is 16.7 Å². The van der Waals surface area contributed by atoms with Crippen molar-refractivity contribution in [2.24, 2.45) is 5.84 Å². The van der Waals surface area contributed by atoms with Gasteiger partial charge in [-0.05, 0) is 43.4 Å². The Balaban J connectivity index is 1.88. The molecule has 0 saturated carbocycles. The average Bonchev–Trinajstić information content (AvgIpc) is 2.92. The van der Waals surface area contributed by atoms with Crippen molar-refractivity contribution in [3.8, 4) is 0 Å². The zero-order valence-corrected chi connectivity index (χ0v) is 9.87. The molecule has 2 heterocycles. The normalized spacial score (nSPS) is 22.5. The van der Waals surface area contributed by atoms with Gasteiger partial charge < -0.3 is 9.15 Å². The largest absolute Gasteiger partial charge is 0.453 e. The summed E-state index contributed by atoms with van der Waals surface area (Å²) < 4.78 is 10.6. The molecule has 0 bridgehead atoms. The summed E-state index contributed by atoms with van der Waals surface area (Å²) in [5.41, 5.74) is 3.69. The number of hydrogen-bond donors (Lipinski definition) is 2. The monoisotopic (exact) mass is 244 g/mol. The first-order valence-electron chi connectivity index (χ1n) is 5.62. The van der Waals surface area contributed by atoms with Gasteiger partial charge in [-0.3, -0.25) is 11.3 Å². The van der Waals surface area contributed by atoms with Crippen LogP contribution in [0.5, 0.6) is 0 Å². The molecule has 0 spiro atoms. The van der Waals surface area contributed by atoms with Crippen molar-refractivity contribution >= 4 is 11.6 Å². The van der Waals surface area contributed by atoms with Crippen molar-refractivity contribution in [1.29, 1.82) is 0 Å². The maximum Gasteiger partial charge on any atom is 0.197 e. The molecule has 0 radical (unpaired) electrons. The van der Waals surface area contributed by atoms with Gasteiger partial charge in [-0.1, -0.05) is 0 Å². The van der Waals surface area contributed by atoms with E-state index in [0.717, 1.165) is 37.9 Å². The smallest absolute Gasteiger partial charge is 0.197 e. The van der Waals surface area contributed by atoms with Gasteiger partial charge in [0.05, 0.1) is 18.4 Å². The van der Waals surface area contributed by atoms with Crippen molar-refractivity contribution < 1.29 is 9.15 Å². The van der Waals surface area contributed by atoms with Crippen LogP contribution < -0.4 is 11.3 Å². The molecule has 3 N–H and O–H groups in total. The number of furan rings is 1. The lowest BCUT2D eigenvalue weighted by molar-refractivity contribution is 0.0996. The Morgan fingerprint density at radius 3 is 3.06 bits per heavy atom. The topological polar surface area (TPSA) is 60.4 Å². The van der Waals surface area contributed by atoms with Crippen LogP contribution in [0.2, 0.25) is 5.22 Å². The van der Waals surface area contributed by atoms with Gasteiger partial charge in [-0.2, -0.15) is 0 Å². The number of nitrogens with one attached hydrogen (secondary N) is 1. The van der Waals surface area contributed by atoms with Gasteiger partial charge in [0.1, 0.15) is 0 Å². The molecule has 2 atom stereocenters. The van der Waals surface area contributed by atoms with Crippen molar-refractivity contribution in [2.45, 2.75) is 37.8 Å². The fourth-order valence-corrected chi connectivity index (χ4v) is 2.35. The van der Waals surface area contributed by atoms with Gasteiger partial charge in [-0.25, -0.2) is 0 Å². The minimum absolute atomic E-state index is 0.0375. The van der Waals surface area contributed by atoms with Crippen molar-refractivity contribution in [2.75, 3.05) is 6.61 Å². The number of hydrogen-bond acceptors (Lipinski definition) is 4. The average molecular weight is 245 g/mol. The van der Waals surface area contributed by atoms with Crippen molar-refractivity contribution in [1.82, 2.24) is 5.43 Å². The molecule has 1 aliphatic heterocycles. The first-order valence-corrected chi connectivity index (χ1v) is 5.99. The van der Waals surface area contributed by atoms with Gasteiger partial charge in [0.2, 0.25) is 0 Å². The molecular formula is C11H17ClN2O2. The highest BCUT2D eigenvalue weighted by molar-refractivity contribution is 6.29. The molecule has 1 aromatic heterocycles. The molecule has 2 unspecified atom stereocenters. The molecule has 0 aliphatic carbocycles. The molecule has 90 valence electrons. The van der Waals surface area contributed by atoms with Gasteiger partial charge >= 0.3 is 0 Å². The van der Waals surface area contributed by atoms with E-state index in [1.165, 1.54) is 0 Å². The fraction of sp³-hybridized carbons (Fsp3) is 0.636. The molecule has 1 aromatic rings. The first kappa shape index (κ1) is 11.9. The second kappa shape index (κ2) is 5.68. The second-order valence-electron chi connectivity index (χ2n) is 4.08. The molecule has 0 amide bonds. The maximum absolute atomic E-state index is 5.92. The van der Waals surface area contributed by atoms with E-state index in [1.54, 1.807) is 6.26 Å². The zero-order valence-electron chi connectivity index (χ0n) is 9.12. The molecule has 2 rings (SSSR count). The first-order chi connectivity index (χ1) is 7.81. The van der Waals surface area contributed by atoms with Crippen LogP contribution in [0.4, 0.5) is 0 Å². The second-order valence-corrected chi connectivity index (χ2v) is 4.42. The zero-order chi connectivity index (χ0) is 11.4. The van der Waals surface area contributed by atoms with Gasteiger partial charge in [0.15, 0.2) is 5.22 Å². The number of ether oxygens (including phenoxy) is 1. The molecule has 1 aliphatic rings. The van der Waals surface area contributed by atoms with Crippen LogP contribution in [0.25, 0.3) is 0 Å². The molecule has 4 nitrogen and oxygen atoms in total. The van der Waals surface area contributed by atoms with Gasteiger partial charge in [-0.15, -0.1) is 0 Å². The standard InChI is InChI=1S/C11H17ClN2O2/c12-11-9(5-7-16-11)10(14-13)4-3-8-2-1-6-15-8/h5,7-8,10,14H,1-4,6,13H2. The number of hydrazine groups is 1. The lowest BCUT2D eigenvalue weighted by Crippen LogP contribution is -2.28. The van der Waals surface area contributed by atoms with E-state index >= 15 is 0 Å². The molecular weight excluding hydrogens is 228 g/mol.